The van der Waals surface area contributed by atoms with Gasteiger partial charge in [0.1, 0.15) is 17.3 Å². The SMILES string of the molecule is CC1(C)C(=O)C(C)(C)C12SC[C@@H]1C(=O)[C@H]3[C@H](C(=O)[C@@H]12)[C@H]1C=C[C@H]3C1. The summed E-state index contributed by atoms with van der Waals surface area (Å²) in [5, 5.41) is 0. The van der Waals surface area contributed by atoms with E-state index < -0.39 is 15.6 Å². The van der Waals surface area contributed by atoms with E-state index in [-0.39, 0.29) is 41.3 Å². The molecule has 1 heterocycles. The number of Topliss-reactive ketones (excluding diaryl/α,β-unsaturated/α-hetero) is 3. The Morgan fingerprint density at radius 1 is 0.917 bits per heavy atom. The van der Waals surface area contributed by atoms with Crippen LogP contribution in [-0.2, 0) is 14.4 Å². The summed E-state index contributed by atoms with van der Waals surface area (Å²) in [6.45, 7) is 7.95. The lowest BCUT2D eigenvalue weighted by atomic mass is 9.40. The number of hydrogen-bond donors (Lipinski definition) is 0. The van der Waals surface area contributed by atoms with Gasteiger partial charge in [-0.2, -0.15) is 11.8 Å². The van der Waals surface area contributed by atoms with E-state index in [0.29, 0.717) is 17.3 Å². The zero-order valence-electron chi connectivity index (χ0n) is 14.7. The van der Waals surface area contributed by atoms with E-state index >= 15 is 0 Å². The third kappa shape index (κ3) is 1.26. The number of fused-ring (bicyclic) bond motifs is 7. The highest BCUT2D eigenvalue weighted by Gasteiger charge is 2.81. The molecule has 5 aliphatic rings. The minimum absolute atomic E-state index is 0.0773. The van der Waals surface area contributed by atoms with Crippen LogP contribution >= 0.6 is 11.8 Å². The number of thioether (sulfide) groups is 1. The molecule has 24 heavy (non-hydrogen) atoms. The van der Waals surface area contributed by atoms with Crippen LogP contribution in [0.2, 0.25) is 0 Å². The van der Waals surface area contributed by atoms with Crippen molar-refractivity contribution in [2.24, 2.45) is 46.3 Å². The summed E-state index contributed by atoms with van der Waals surface area (Å²) in [5.74, 6) is 1.44. The van der Waals surface area contributed by atoms with Crippen LogP contribution in [0.3, 0.4) is 0 Å². The molecule has 3 saturated carbocycles. The van der Waals surface area contributed by atoms with Crippen LogP contribution in [0.4, 0.5) is 0 Å². The van der Waals surface area contributed by atoms with Crippen LogP contribution in [0, 0.1) is 46.3 Å². The molecule has 5 rings (SSSR count). The monoisotopic (exact) mass is 344 g/mol. The van der Waals surface area contributed by atoms with Crippen molar-refractivity contribution in [3.63, 3.8) is 0 Å². The summed E-state index contributed by atoms with van der Waals surface area (Å²) >= 11 is 1.74. The third-order valence-electron chi connectivity index (χ3n) is 8.11. The van der Waals surface area contributed by atoms with Gasteiger partial charge < -0.3 is 0 Å². The predicted octanol–water partition coefficient (Wildman–Crippen LogP) is 2.93. The van der Waals surface area contributed by atoms with Crippen molar-refractivity contribution in [3.05, 3.63) is 12.2 Å². The van der Waals surface area contributed by atoms with Gasteiger partial charge in [-0.25, -0.2) is 0 Å². The van der Waals surface area contributed by atoms with Gasteiger partial charge in [-0.15, -0.1) is 0 Å². The number of allylic oxidation sites excluding steroid dienone is 2. The molecule has 128 valence electrons. The molecule has 0 unspecified atom stereocenters. The summed E-state index contributed by atoms with van der Waals surface area (Å²) in [6, 6.07) is 0. The first-order valence-electron chi connectivity index (χ1n) is 9.11. The highest BCUT2D eigenvalue weighted by atomic mass is 32.2. The fourth-order valence-corrected chi connectivity index (χ4v) is 9.53. The van der Waals surface area contributed by atoms with Crippen molar-refractivity contribution in [2.45, 2.75) is 38.9 Å². The lowest BCUT2D eigenvalue weighted by Crippen LogP contribution is -2.76. The molecule has 1 aliphatic heterocycles. The number of hydrogen-bond acceptors (Lipinski definition) is 4. The Morgan fingerprint density at radius 3 is 2.04 bits per heavy atom. The topological polar surface area (TPSA) is 51.2 Å². The summed E-state index contributed by atoms with van der Waals surface area (Å²) in [5.41, 5.74) is -1.06. The molecule has 0 aromatic carbocycles. The summed E-state index contributed by atoms with van der Waals surface area (Å²) in [6.07, 6.45) is 5.29. The van der Waals surface area contributed by atoms with Gasteiger partial charge in [-0.1, -0.05) is 39.8 Å². The Morgan fingerprint density at radius 2 is 1.46 bits per heavy atom. The molecule has 4 heteroatoms. The van der Waals surface area contributed by atoms with Crippen LogP contribution in [0.5, 0.6) is 0 Å². The molecule has 0 N–H and O–H groups in total. The zero-order valence-corrected chi connectivity index (χ0v) is 15.5. The third-order valence-corrected chi connectivity index (χ3v) is 10.4. The highest BCUT2D eigenvalue weighted by Crippen LogP contribution is 2.75. The van der Waals surface area contributed by atoms with Gasteiger partial charge in [-0.05, 0) is 18.3 Å². The van der Waals surface area contributed by atoms with Gasteiger partial charge in [0, 0.05) is 40.3 Å². The van der Waals surface area contributed by atoms with E-state index in [4.69, 9.17) is 0 Å². The first-order chi connectivity index (χ1) is 11.2. The molecule has 0 aromatic rings. The molecule has 0 radical (unpaired) electrons. The van der Waals surface area contributed by atoms with Crippen LogP contribution in [0.1, 0.15) is 34.1 Å². The van der Waals surface area contributed by atoms with Crippen LogP contribution in [-0.4, -0.2) is 27.8 Å². The minimum atomic E-state index is -0.531. The standard InChI is InChI=1S/C20H24O3S/c1-18(2)17(23)19(3,4)20(18)14-11(8-24-20)15(21)12-9-5-6-10(7-9)13(12)16(14)22/h5-6,9-14H,7-8H2,1-4H3/t9-,10-,11-,12+,13+,14+/m0/s1. The fraction of sp³-hybridized carbons (Fsp3) is 0.750. The molecule has 2 bridgehead atoms. The van der Waals surface area contributed by atoms with E-state index in [0.717, 1.165) is 6.42 Å². The van der Waals surface area contributed by atoms with E-state index in [2.05, 4.69) is 12.2 Å². The maximum atomic E-state index is 13.6. The Kier molecular flexibility index (Phi) is 2.61. The minimum Gasteiger partial charge on any atom is -0.299 e. The van der Waals surface area contributed by atoms with E-state index in [9.17, 15) is 14.4 Å². The number of carbonyl (C=O) groups is 3. The van der Waals surface area contributed by atoms with Crippen LogP contribution in [0.25, 0.3) is 0 Å². The van der Waals surface area contributed by atoms with Crippen molar-refractivity contribution in [1.29, 1.82) is 0 Å². The number of ketones is 3. The molecule has 0 aromatic heterocycles. The Bertz CT molecular complexity index is 713. The summed E-state index contributed by atoms with van der Waals surface area (Å²) < 4.78 is -0.412. The van der Waals surface area contributed by atoms with Gasteiger partial charge in [0.25, 0.3) is 0 Å². The van der Waals surface area contributed by atoms with Gasteiger partial charge >= 0.3 is 0 Å². The lowest BCUT2D eigenvalue weighted by Gasteiger charge is -2.66. The smallest absolute Gasteiger partial charge is 0.146 e. The normalized spacial score (nSPS) is 48.6. The van der Waals surface area contributed by atoms with Gasteiger partial charge in [0.05, 0.1) is 4.75 Å². The second-order valence-corrected chi connectivity index (χ2v) is 10.8. The van der Waals surface area contributed by atoms with Gasteiger partial charge in [0.2, 0.25) is 0 Å². The molecular formula is C20H24O3S. The second kappa shape index (κ2) is 4.08. The predicted molar refractivity (Wildman–Crippen MR) is 92.5 cm³/mol. The van der Waals surface area contributed by atoms with E-state index in [1.807, 2.05) is 27.7 Å². The average molecular weight is 344 g/mol. The van der Waals surface area contributed by atoms with Crippen molar-refractivity contribution in [2.75, 3.05) is 5.75 Å². The Labute approximate surface area is 147 Å². The molecule has 1 spiro atoms. The Balaban J connectivity index is 1.65. The molecule has 4 fully saturated rings. The van der Waals surface area contributed by atoms with Crippen molar-refractivity contribution in [1.82, 2.24) is 0 Å². The molecule has 0 amide bonds. The van der Waals surface area contributed by atoms with Gasteiger partial charge in [-0.3, -0.25) is 14.4 Å². The van der Waals surface area contributed by atoms with E-state index in [1.54, 1.807) is 11.8 Å². The highest BCUT2D eigenvalue weighted by molar-refractivity contribution is 8.01. The first-order valence-corrected chi connectivity index (χ1v) is 10.1. The second-order valence-electron chi connectivity index (χ2n) is 9.51. The zero-order chi connectivity index (χ0) is 17.2. The number of rotatable bonds is 0. The quantitative estimate of drug-likeness (QED) is 0.634. The van der Waals surface area contributed by atoms with Crippen LogP contribution in [0.15, 0.2) is 12.2 Å². The van der Waals surface area contributed by atoms with Crippen LogP contribution < -0.4 is 0 Å². The maximum Gasteiger partial charge on any atom is 0.146 e. The summed E-state index contributed by atoms with van der Waals surface area (Å²) in [4.78, 5) is 39.6. The molecule has 6 atom stereocenters. The fourth-order valence-electron chi connectivity index (χ4n) is 7.36. The summed E-state index contributed by atoms with van der Waals surface area (Å²) in [7, 11) is 0. The Hall–Kier alpha value is -0.900. The average Bonchev–Trinajstić information content (AvgIpc) is 3.23. The van der Waals surface area contributed by atoms with Crippen molar-refractivity contribution < 1.29 is 14.4 Å². The molecule has 3 nitrogen and oxygen atoms in total. The molecule has 1 saturated heterocycles. The largest absolute Gasteiger partial charge is 0.299 e. The maximum absolute atomic E-state index is 13.6. The van der Waals surface area contributed by atoms with Crippen molar-refractivity contribution >= 4 is 29.1 Å². The molecular weight excluding hydrogens is 320 g/mol. The van der Waals surface area contributed by atoms with E-state index in [1.165, 1.54) is 0 Å². The lowest BCUT2D eigenvalue weighted by molar-refractivity contribution is -0.173. The van der Waals surface area contributed by atoms with Crippen molar-refractivity contribution in [3.8, 4) is 0 Å². The van der Waals surface area contributed by atoms with Gasteiger partial charge in [0.15, 0.2) is 0 Å². The molecule has 4 aliphatic carbocycles. The number of carbonyl (C=O) groups excluding carboxylic acids is 3. The first kappa shape index (κ1) is 15.4.